The number of hydrogen-bond donors (Lipinski definition) is 4. The van der Waals surface area contributed by atoms with E-state index in [-0.39, 0.29) is 88.5 Å². The van der Waals surface area contributed by atoms with Crippen LogP contribution in [0.3, 0.4) is 0 Å². The van der Waals surface area contributed by atoms with Crippen molar-refractivity contribution >= 4 is 29.2 Å². The number of nitriles is 1. The summed E-state index contributed by atoms with van der Waals surface area (Å²) in [4.78, 5) is 81.4. The molecular formula is C50H60N8O7. The van der Waals surface area contributed by atoms with E-state index in [1.807, 2.05) is 18.2 Å². The first-order valence-electron chi connectivity index (χ1n) is 22.5. The molecule has 3 aromatic carbocycles. The monoisotopic (exact) mass is 884 g/mol. The number of likely N-dealkylation sites (N-methyl/N-ethyl adjacent to an activating group) is 1. The topological polar surface area (TPSA) is 247 Å². The predicted molar refractivity (Wildman–Crippen MR) is 246 cm³/mol. The Morgan fingerprint density at radius 1 is 0.908 bits per heavy atom. The molecule has 1 aliphatic carbocycles. The minimum absolute atomic E-state index is 0.0287. The van der Waals surface area contributed by atoms with Crippen molar-refractivity contribution in [2.75, 3.05) is 39.9 Å². The number of carbonyl (C=O) groups excluding carboxylic acids is 5. The summed E-state index contributed by atoms with van der Waals surface area (Å²) in [6.45, 7) is 4.21. The van der Waals surface area contributed by atoms with E-state index in [2.05, 4.69) is 22.4 Å². The van der Waals surface area contributed by atoms with E-state index in [0.717, 1.165) is 24.8 Å². The molecule has 4 aromatic rings. The number of nitrogens with zero attached hydrogens (tertiary/aromatic N) is 4. The number of amides is 2. The molecule has 2 amide bonds. The highest BCUT2D eigenvalue weighted by molar-refractivity contribution is 6.00. The van der Waals surface area contributed by atoms with Crippen molar-refractivity contribution in [2.24, 2.45) is 29.0 Å². The number of ether oxygens (including phenoxy) is 2. The third kappa shape index (κ3) is 11.7. The molecule has 6 rings (SSSR count). The van der Waals surface area contributed by atoms with Crippen molar-refractivity contribution in [3.05, 3.63) is 94.3 Å². The quantitative estimate of drug-likeness (QED) is 0.103. The molecule has 2 aliphatic rings. The van der Waals surface area contributed by atoms with Gasteiger partial charge >= 0.3 is 0 Å². The molecule has 0 saturated carbocycles. The van der Waals surface area contributed by atoms with Crippen molar-refractivity contribution in [3.63, 3.8) is 0 Å². The molecule has 15 nitrogen and oxygen atoms in total. The molecule has 1 aliphatic heterocycles. The third-order valence-corrected chi connectivity index (χ3v) is 12.2. The Morgan fingerprint density at radius 3 is 2.28 bits per heavy atom. The van der Waals surface area contributed by atoms with E-state index in [1.165, 1.54) is 35.7 Å². The van der Waals surface area contributed by atoms with Gasteiger partial charge in [-0.2, -0.15) is 5.26 Å². The number of rotatable bonds is 17. The van der Waals surface area contributed by atoms with Crippen molar-refractivity contribution in [1.29, 1.82) is 5.26 Å². The molecule has 0 saturated heterocycles. The first kappa shape index (κ1) is 48.1. The van der Waals surface area contributed by atoms with Crippen LogP contribution in [0.2, 0.25) is 0 Å². The molecule has 0 radical (unpaired) electrons. The number of ketones is 3. The Labute approximate surface area is 380 Å². The third-order valence-electron chi connectivity index (χ3n) is 12.2. The van der Waals surface area contributed by atoms with Crippen LogP contribution in [0.15, 0.2) is 60.8 Å². The van der Waals surface area contributed by atoms with Gasteiger partial charge in [0.2, 0.25) is 11.8 Å². The summed E-state index contributed by atoms with van der Waals surface area (Å²) in [6.07, 6.45) is 5.53. The summed E-state index contributed by atoms with van der Waals surface area (Å²) in [5.41, 5.74) is 24.2. The summed E-state index contributed by atoms with van der Waals surface area (Å²) < 4.78 is 12.3. The Kier molecular flexibility index (Phi) is 16.7. The zero-order chi connectivity index (χ0) is 46.6. The summed E-state index contributed by atoms with van der Waals surface area (Å²) in [5.74, 6) is -2.61. The van der Waals surface area contributed by atoms with E-state index < -0.39 is 41.5 Å². The van der Waals surface area contributed by atoms with Gasteiger partial charge in [0.1, 0.15) is 30.8 Å². The maximum Gasteiger partial charge on any atom is 0.226 e. The molecule has 65 heavy (non-hydrogen) atoms. The number of nitrogens with one attached hydrogen (secondary N) is 1. The highest BCUT2D eigenvalue weighted by Gasteiger charge is 2.36. The summed E-state index contributed by atoms with van der Waals surface area (Å²) in [6, 6.07) is 16.5. The van der Waals surface area contributed by atoms with Gasteiger partial charge in [0, 0.05) is 80.5 Å². The second kappa shape index (κ2) is 22.5. The van der Waals surface area contributed by atoms with Crippen LogP contribution in [0.25, 0.3) is 22.5 Å². The summed E-state index contributed by atoms with van der Waals surface area (Å²) in [7, 11) is 1.51. The Morgan fingerprint density at radius 2 is 1.60 bits per heavy atom. The maximum atomic E-state index is 14.8. The van der Waals surface area contributed by atoms with Crippen LogP contribution in [-0.2, 0) is 38.4 Å². The molecule has 2 heterocycles. The highest BCUT2D eigenvalue weighted by atomic mass is 16.5. The van der Waals surface area contributed by atoms with Gasteiger partial charge in [-0.05, 0) is 105 Å². The lowest BCUT2D eigenvalue weighted by Gasteiger charge is -2.32. The molecule has 4 bridgehead atoms. The van der Waals surface area contributed by atoms with Crippen LogP contribution in [-0.4, -0.2) is 90.0 Å². The zero-order valence-electron chi connectivity index (χ0n) is 37.6. The molecule has 0 fully saturated rings. The molecule has 7 N–H and O–H groups in total. The lowest BCUT2D eigenvalue weighted by Crippen LogP contribution is -2.46. The lowest BCUT2D eigenvalue weighted by molar-refractivity contribution is -0.142. The van der Waals surface area contributed by atoms with Gasteiger partial charge in [-0.1, -0.05) is 31.2 Å². The van der Waals surface area contributed by atoms with E-state index in [4.69, 9.17) is 31.7 Å². The lowest BCUT2D eigenvalue weighted by atomic mass is 9.88. The average molecular weight is 885 g/mol. The van der Waals surface area contributed by atoms with Crippen molar-refractivity contribution in [3.8, 4) is 40.1 Å². The molecule has 0 spiro atoms. The average Bonchev–Trinajstić information content (AvgIpc) is 3.31. The van der Waals surface area contributed by atoms with Gasteiger partial charge in [-0.25, -0.2) is 9.97 Å². The first-order valence-corrected chi connectivity index (χ1v) is 22.5. The first-order chi connectivity index (χ1) is 31.4. The van der Waals surface area contributed by atoms with Gasteiger partial charge in [-0.3, -0.25) is 24.0 Å². The molecular weight excluding hydrogens is 825 g/mol. The number of Topliss-reactive ketones (excluding diaryl/α,β-unsaturated/α-hetero) is 3. The number of hydrogen-bond acceptors (Lipinski definition) is 13. The zero-order valence-corrected chi connectivity index (χ0v) is 37.6. The van der Waals surface area contributed by atoms with Crippen molar-refractivity contribution < 1.29 is 33.4 Å². The van der Waals surface area contributed by atoms with Crippen LogP contribution in [0.4, 0.5) is 0 Å². The number of aromatic nitrogens is 2. The fraction of sp³-hybridized carbons (Fsp3) is 0.440. The smallest absolute Gasteiger partial charge is 0.226 e. The highest BCUT2D eigenvalue weighted by Crippen LogP contribution is 2.41. The van der Waals surface area contributed by atoms with Gasteiger partial charge in [0.15, 0.2) is 23.2 Å². The minimum atomic E-state index is -1.23. The predicted octanol–water partition coefficient (Wildman–Crippen LogP) is 4.92. The number of fused-ring (bicyclic) bond motifs is 6. The Hall–Kier alpha value is -6.34. The van der Waals surface area contributed by atoms with Gasteiger partial charge in [0.25, 0.3) is 0 Å². The fourth-order valence-electron chi connectivity index (χ4n) is 8.73. The van der Waals surface area contributed by atoms with E-state index in [9.17, 15) is 29.2 Å². The SMILES string of the molecule is Cc1nc(-c2ccc3c(c2)CCCC3)ncc1C(=O)C[C@@H](CCN)C(=O)N(C)[C@@H]1C(=O)C[C@@H](C)C(=O)N[C@H](C(=O)CCC#N)Cc2ccc(OCCN)c(c2)-c2cc1ccc2OCCN. The Bertz CT molecular complexity index is 2450. The van der Waals surface area contributed by atoms with Crippen molar-refractivity contribution in [1.82, 2.24) is 20.2 Å². The van der Waals surface area contributed by atoms with Crippen LogP contribution in [0.1, 0.15) is 96.2 Å². The van der Waals surface area contributed by atoms with E-state index in [1.54, 1.807) is 44.2 Å². The standard InChI is InChI=1S/C50H60N8O7/c1-30-23-44(61)47(58(3)50(63)37(16-18-52)28-43(60)40-29-55-48(56-31(40)2)36-12-11-33-7-4-5-8-34(33)26-36)35-13-15-46(65-22-20-54)39(27-35)38-24-32(10-14-45(38)64-21-19-53)25-41(57-49(30)62)42(59)9-6-17-51/h10-15,24,26-27,29-30,37,41,47H,4-9,16,18-23,25,28,52-54H2,1-3H3,(H,57,62)/t30-,37-,41+,47+/m1/s1. The fourth-order valence-corrected chi connectivity index (χ4v) is 8.73. The summed E-state index contributed by atoms with van der Waals surface area (Å²) in [5, 5.41) is 12.1. The van der Waals surface area contributed by atoms with Crippen LogP contribution in [0.5, 0.6) is 11.5 Å². The molecule has 1 aromatic heterocycles. The number of nitrogens with two attached hydrogens (primary N) is 3. The van der Waals surface area contributed by atoms with E-state index >= 15 is 0 Å². The van der Waals surface area contributed by atoms with E-state index in [0.29, 0.717) is 45.3 Å². The largest absolute Gasteiger partial charge is 0.492 e. The number of carbonyl (C=O) groups is 5. The second-order valence-electron chi connectivity index (χ2n) is 17.0. The maximum absolute atomic E-state index is 14.8. The van der Waals surface area contributed by atoms with Crippen LogP contribution >= 0.6 is 0 Å². The van der Waals surface area contributed by atoms with Gasteiger partial charge in [-0.15, -0.1) is 0 Å². The molecule has 0 unspecified atom stereocenters. The molecule has 342 valence electrons. The van der Waals surface area contributed by atoms with Gasteiger partial charge in [0.05, 0.1) is 23.4 Å². The summed E-state index contributed by atoms with van der Waals surface area (Å²) >= 11 is 0. The Balaban J connectivity index is 1.37. The normalized spacial score (nSPS) is 17.7. The minimum Gasteiger partial charge on any atom is -0.492 e. The number of benzene rings is 3. The van der Waals surface area contributed by atoms with Crippen LogP contribution < -0.4 is 32.0 Å². The van der Waals surface area contributed by atoms with Crippen molar-refractivity contribution in [2.45, 2.75) is 90.1 Å². The van der Waals surface area contributed by atoms with Crippen LogP contribution in [0, 0.1) is 30.1 Å². The number of aryl methyl sites for hydroxylation is 3. The van der Waals surface area contributed by atoms with Gasteiger partial charge < -0.3 is 36.9 Å². The molecule has 15 heteroatoms. The molecule has 4 atom stereocenters. The second-order valence-corrected chi connectivity index (χ2v) is 17.0.